The number of anilines is 1. The van der Waals surface area contributed by atoms with E-state index in [4.69, 9.17) is 0 Å². The van der Waals surface area contributed by atoms with Gasteiger partial charge < -0.3 is 4.57 Å². The molecule has 7 nitrogen and oxygen atoms in total. The number of aryl methyl sites for hydroxylation is 2. The number of aromatic nitrogens is 4. The first-order chi connectivity index (χ1) is 8.49. The van der Waals surface area contributed by atoms with Gasteiger partial charge in [-0.15, -0.1) is 0 Å². The highest BCUT2D eigenvalue weighted by Gasteiger charge is 2.15. The van der Waals surface area contributed by atoms with Crippen LogP contribution in [0.3, 0.4) is 0 Å². The molecule has 2 aromatic rings. The third kappa shape index (κ3) is 2.15. The highest BCUT2D eigenvalue weighted by Crippen LogP contribution is 2.10. The minimum atomic E-state index is -0.332. The van der Waals surface area contributed by atoms with Crippen LogP contribution in [0.5, 0.6) is 0 Å². The van der Waals surface area contributed by atoms with Gasteiger partial charge in [0.25, 0.3) is 5.91 Å². The topological polar surface area (TPSA) is 81.8 Å². The third-order valence-electron chi connectivity index (χ3n) is 2.58. The first-order valence-electron chi connectivity index (χ1n) is 5.31. The SMILES string of the molecule is CC(=O)c1cc(C(=O)Nc2ncnn2C)n(C)c1. The number of carbonyl (C=O) groups excluding carboxylic acids is 2. The molecule has 0 unspecified atom stereocenters. The van der Waals surface area contributed by atoms with Crippen molar-refractivity contribution in [3.8, 4) is 0 Å². The molecule has 0 saturated carbocycles. The molecule has 0 aliphatic heterocycles. The monoisotopic (exact) mass is 247 g/mol. The van der Waals surface area contributed by atoms with Gasteiger partial charge in [0.15, 0.2) is 5.78 Å². The first kappa shape index (κ1) is 12.0. The summed E-state index contributed by atoms with van der Waals surface area (Å²) in [4.78, 5) is 27.1. The molecule has 2 heterocycles. The number of hydrogen-bond donors (Lipinski definition) is 1. The molecule has 1 N–H and O–H groups in total. The van der Waals surface area contributed by atoms with Crippen molar-refractivity contribution in [1.82, 2.24) is 19.3 Å². The van der Waals surface area contributed by atoms with E-state index in [-0.39, 0.29) is 11.7 Å². The Hall–Kier alpha value is -2.44. The summed E-state index contributed by atoms with van der Waals surface area (Å²) >= 11 is 0. The highest BCUT2D eigenvalue weighted by molar-refractivity contribution is 6.04. The van der Waals surface area contributed by atoms with Gasteiger partial charge in [0.1, 0.15) is 12.0 Å². The zero-order valence-corrected chi connectivity index (χ0v) is 10.3. The van der Waals surface area contributed by atoms with Crippen LogP contribution in [0.25, 0.3) is 0 Å². The van der Waals surface area contributed by atoms with Crippen LogP contribution in [0.4, 0.5) is 5.95 Å². The van der Waals surface area contributed by atoms with E-state index >= 15 is 0 Å². The third-order valence-corrected chi connectivity index (χ3v) is 2.58. The summed E-state index contributed by atoms with van der Waals surface area (Å²) in [6, 6.07) is 1.55. The van der Waals surface area contributed by atoms with Gasteiger partial charge in [0, 0.05) is 25.9 Å². The molecule has 2 rings (SSSR count). The Bertz CT molecular complexity index is 611. The van der Waals surface area contributed by atoms with Crippen molar-refractivity contribution in [3.05, 3.63) is 29.8 Å². The molecular formula is C11H13N5O2. The van der Waals surface area contributed by atoms with Crippen molar-refractivity contribution < 1.29 is 9.59 Å². The van der Waals surface area contributed by atoms with Crippen LogP contribution in [0.15, 0.2) is 18.6 Å². The maximum atomic E-state index is 12.0. The molecule has 0 aromatic carbocycles. The van der Waals surface area contributed by atoms with E-state index in [0.717, 1.165) is 0 Å². The van der Waals surface area contributed by atoms with Gasteiger partial charge in [-0.25, -0.2) is 4.68 Å². The first-order valence-corrected chi connectivity index (χ1v) is 5.31. The fraction of sp³-hybridized carbons (Fsp3) is 0.273. The predicted octanol–water partition coefficient (Wildman–Crippen LogP) is 0.608. The van der Waals surface area contributed by atoms with Gasteiger partial charge in [-0.2, -0.15) is 10.1 Å². The van der Waals surface area contributed by atoms with Crippen LogP contribution < -0.4 is 5.32 Å². The van der Waals surface area contributed by atoms with Crippen LogP contribution in [0, 0.1) is 0 Å². The van der Waals surface area contributed by atoms with E-state index in [1.807, 2.05) is 0 Å². The quantitative estimate of drug-likeness (QED) is 0.805. The largest absolute Gasteiger partial charge is 0.346 e. The lowest BCUT2D eigenvalue weighted by molar-refractivity contribution is 0.101. The molecule has 0 spiro atoms. The van der Waals surface area contributed by atoms with Crippen molar-refractivity contribution in [1.29, 1.82) is 0 Å². The zero-order valence-electron chi connectivity index (χ0n) is 10.3. The van der Waals surface area contributed by atoms with E-state index in [9.17, 15) is 9.59 Å². The molecule has 2 aromatic heterocycles. The Kier molecular flexibility index (Phi) is 2.97. The summed E-state index contributed by atoms with van der Waals surface area (Å²) in [5.41, 5.74) is 0.892. The number of nitrogens with zero attached hydrogens (tertiary/aromatic N) is 4. The lowest BCUT2D eigenvalue weighted by Gasteiger charge is -2.04. The van der Waals surface area contributed by atoms with Crippen molar-refractivity contribution in [3.63, 3.8) is 0 Å². The van der Waals surface area contributed by atoms with E-state index < -0.39 is 0 Å². The zero-order chi connectivity index (χ0) is 13.3. The van der Waals surface area contributed by atoms with E-state index in [1.165, 1.54) is 17.9 Å². The molecule has 1 amide bonds. The number of hydrogen-bond acceptors (Lipinski definition) is 4. The number of Topliss-reactive ketones (excluding diaryl/α,β-unsaturated/α-hetero) is 1. The second kappa shape index (κ2) is 4.44. The Morgan fingerprint density at radius 1 is 1.33 bits per heavy atom. The molecule has 0 aliphatic carbocycles. The molecule has 7 heteroatoms. The Morgan fingerprint density at radius 3 is 2.56 bits per heavy atom. The van der Waals surface area contributed by atoms with Crippen LogP contribution in [0.2, 0.25) is 0 Å². The number of nitrogens with one attached hydrogen (secondary N) is 1. The van der Waals surface area contributed by atoms with Gasteiger partial charge in [-0.05, 0) is 13.0 Å². The average Bonchev–Trinajstić information content (AvgIpc) is 2.86. The average molecular weight is 247 g/mol. The molecule has 94 valence electrons. The van der Waals surface area contributed by atoms with Gasteiger partial charge >= 0.3 is 0 Å². The van der Waals surface area contributed by atoms with Crippen molar-refractivity contribution in [2.45, 2.75) is 6.92 Å². The van der Waals surface area contributed by atoms with Gasteiger partial charge in [-0.1, -0.05) is 0 Å². The summed E-state index contributed by atoms with van der Waals surface area (Å²) in [6.07, 6.45) is 2.97. The summed E-state index contributed by atoms with van der Waals surface area (Å²) in [5.74, 6) is -0.0602. The van der Waals surface area contributed by atoms with Crippen LogP contribution >= 0.6 is 0 Å². The standard InChI is InChI=1S/C11H13N5O2/c1-7(17)8-4-9(15(2)5-8)10(18)14-11-12-6-13-16(11)3/h4-6H,1-3H3,(H,12,13,14,18). The number of carbonyl (C=O) groups is 2. The lowest BCUT2D eigenvalue weighted by Crippen LogP contribution is -2.17. The fourth-order valence-corrected chi connectivity index (χ4v) is 1.56. The lowest BCUT2D eigenvalue weighted by atomic mass is 10.2. The van der Waals surface area contributed by atoms with Crippen molar-refractivity contribution >= 4 is 17.6 Å². The van der Waals surface area contributed by atoms with E-state index in [1.54, 1.807) is 30.9 Å². The van der Waals surface area contributed by atoms with Crippen molar-refractivity contribution in [2.75, 3.05) is 5.32 Å². The Morgan fingerprint density at radius 2 is 2.06 bits per heavy atom. The summed E-state index contributed by atoms with van der Waals surface area (Å²) < 4.78 is 3.05. The molecule has 18 heavy (non-hydrogen) atoms. The predicted molar refractivity (Wildman–Crippen MR) is 64.4 cm³/mol. The van der Waals surface area contributed by atoms with E-state index in [0.29, 0.717) is 17.2 Å². The molecular weight excluding hydrogens is 234 g/mol. The number of amides is 1. The van der Waals surface area contributed by atoms with Crippen LogP contribution in [-0.2, 0) is 14.1 Å². The number of ketones is 1. The highest BCUT2D eigenvalue weighted by atomic mass is 16.2. The molecule has 0 radical (unpaired) electrons. The molecule has 0 fully saturated rings. The molecule has 0 aliphatic rings. The molecule has 0 bridgehead atoms. The minimum absolute atomic E-state index is 0.0803. The molecule has 0 atom stereocenters. The normalized spacial score (nSPS) is 10.4. The summed E-state index contributed by atoms with van der Waals surface area (Å²) in [5, 5.41) is 6.47. The molecule has 0 saturated heterocycles. The van der Waals surface area contributed by atoms with Gasteiger partial charge in [0.2, 0.25) is 5.95 Å². The summed E-state index contributed by atoms with van der Waals surface area (Å²) in [6.45, 7) is 1.46. The Balaban J connectivity index is 2.24. The van der Waals surface area contributed by atoms with Crippen LogP contribution in [0.1, 0.15) is 27.8 Å². The van der Waals surface area contributed by atoms with Crippen molar-refractivity contribution in [2.24, 2.45) is 14.1 Å². The summed E-state index contributed by atoms with van der Waals surface area (Å²) in [7, 11) is 3.38. The number of rotatable bonds is 3. The second-order valence-electron chi connectivity index (χ2n) is 3.94. The smallest absolute Gasteiger partial charge is 0.274 e. The van der Waals surface area contributed by atoms with Gasteiger partial charge in [-0.3, -0.25) is 14.9 Å². The minimum Gasteiger partial charge on any atom is -0.346 e. The van der Waals surface area contributed by atoms with E-state index in [2.05, 4.69) is 15.4 Å². The Labute approximate surface area is 103 Å². The maximum absolute atomic E-state index is 12.0. The maximum Gasteiger partial charge on any atom is 0.274 e. The van der Waals surface area contributed by atoms with Crippen LogP contribution in [-0.4, -0.2) is 31.0 Å². The van der Waals surface area contributed by atoms with Gasteiger partial charge in [0.05, 0.1) is 0 Å². The fourth-order valence-electron chi connectivity index (χ4n) is 1.56. The second-order valence-corrected chi connectivity index (χ2v) is 3.94.